The smallest absolute Gasteiger partial charge is 0.269 e. The predicted molar refractivity (Wildman–Crippen MR) is 211 cm³/mol. The highest BCUT2D eigenvalue weighted by atomic mass is 35.5. The molecular formula is C42H43ClFN9O6. The fraction of sp³-hybridized carbons (Fsp3) is 0.476. The highest BCUT2D eigenvalue weighted by Gasteiger charge is 2.51. The number of likely N-dealkylation sites (tertiary alicyclic amines) is 1. The van der Waals surface area contributed by atoms with E-state index in [1.54, 1.807) is 30.3 Å². The van der Waals surface area contributed by atoms with Gasteiger partial charge in [0.25, 0.3) is 23.6 Å². The lowest BCUT2D eigenvalue weighted by Crippen LogP contribution is -2.69. The minimum atomic E-state index is -1.17. The number of imide groups is 2. The van der Waals surface area contributed by atoms with Crippen LogP contribution in [0.15, 0.2) is 42.5 Å². The van der Waals surface area contributed by atoms with Gasteiger partial charge in [0.1, 0.15) is 23.7 Å². The maximum atomic E-state index is 15.9. The highest BCUT2D eigenvalue weighted by molar-refractivity contribution is 6.31. The zero-order valence-electron chi connectivity index (χ0n) is 32.3. The van der Waals surface area contributed by atoms with E-state index in [1.165, 1.54) is 11.0 Å². The van der Waals surface area contributed by atoms with E-state index in [0.29, 0.717) is 53.6 Å². The van der Waals surface area contributed by atoms with Gasteiger partial charge in [0.2, 0.25) is 5.91 Å². The van der Waals surface area contributed by atoms with E-state index in [2.05, 4.69) is 20.0 Å². The van der Waals surface area contributed by atoms with Crippen molar-refractivity contribution in [1.29, 1.82) is 5.26 Å². The van der Waals surface area contributed by atoms with Crippen LogP contribution >= 0.6 is 11.6 Å². The standard InChI is InChI=1S/C42H43ClFN9O6/c43-32-16-29(4-1-24(32)19-45)59-28-5-2-25(3-6-28)52-38(54)10-8-35(42(52)58)53-40(56)30-17-33(44)36(18-31(30)41(53)57)51-26-15-27(51)22-49(21-26)20-23-11-13-50(14-12-23)37-9-7-34(39(46)55)47-48-37/h1,4,7,9,16-18,23,25-28,35H,2-3,5-6,8,10-15,20-22H2,(H2,46,55)/t25?,26-,27-,28?,35-/m1/s1. The summed E-state index contributed by atoms with van der Waals surface area (Å²) in [5.41, 5.74) is 6.07. The molecule has 0 unspecified atom stereocenters. The largest absolute Gasteiger partial charge is 0.490 e. The normalized spacial score (nSPS) is 26.2. The number of rotatable bonds is 9. The Labute approximate surface area is 344 Å². The number of nitrogens with zero attached hydrogens (tertiary/aromatic N) is 8. The summed E-state index contributed by atoms with van der Waals surface area (Å²) in [6, 6.07) is 11.4. The van der Waals surface area contributed by atoms with Gasteiger partial charge in [-0.25, -0.2) is 4.39 Å². The number of halogens is 2. The molecule has 59 heavy (non-hydrogen) atoms. The van der Waals surface area contributed by atoms with E-state index in [1.807, 2.05) is 11.0 Å². The molecule has 1 aliphatic carbocycles. The maximum absolute atomic E-state index is 15.9. The molecule has 306 valence electrons. The maximum Gasteiger partial charge on any atom is 0.269 e. The molecule has 0 spiro atoms. The van der Waals surface area contributed by atoms with Crippen molar-refractivity contribution in [1.82, 2.24) is 24.9 Å². The van der Waals surface area contributed by atoms with E-state index in [0.717, 1.165) is 68.8 Å². The first kappa shape index (κ1) is 38.8. The van der Waals surface area contributed by atoms with E-state index >= 15 is 4.39 Å². The van der Waals surface area contributed by atoms with Crippen molar-refractivity contribution in [2.24, 2.45) is 11.7 Å². The van der Waals surface area contributed by atoms with Gasteiger partial charge in [0, 0.05) is 63.3 Å². The van der Waals surface area contributed by atoms with Crippen LogP contribution in [0.4, 0.5) is 15.9 Å². The number of primary amides is 1. The summed E-state index contributed by atoms with van der Waals surface area (Å²) < 4.78 is 22.0. The van der Waals surface area contributed by atoms with E-state index < -0.39 is 41.5 Å². The third kappa shape index (κ3) is 7.14. The van der Waals surface area contributed by atoms with Crippen LogP contribution in [0.3, 0.4) is 0 Å². The van der Waals surface area contributed by atoms with Crippen LogP contribution in [-0.4, -0.2) is 117 Å². The second-order valence-electron chi connectivity index (χ2n) is 16.5. The number of nitriles is 1. The van der Waals surface area contributed by atoms with Crippen LogP contribution < -0.4 is 20.3 Å². The fourth-order valence-electron chi connectivity index (χ4n) is 10.0. The number of nitrogens with two attached hydrogens (primary N) is 1. The monoisotopic (exact) mass is 823 g/mol. The summed E-state index contributed by atoms with van der Waals surface area (Å²) in [6.45, 7) is 4.08. The molecule has 6 aliphatic heterocycles. The van der Waals surface area contributed by atoms with Crippen molar-refractivity contribution >= 4 is 52.6 Å². The van der Waals surface area contributed by atoms with E-state index in [-0.39, 0.29) is 53.8 Å². The number of carbonyl (C=O) groups is 5. The zero-order chi connectivity index (χ0) is 41.1. The van der Waals surface area contributed by atoms with Gasteiger partial charge in [-0.15, -0.1) is 10.2 Å². The summed E-state index contributed by atoms with van der Waals surface area (Å²) in [5.74, 6) is -1.76. The average Bonchev–Trinajstić information content (AvgIpc) is 3.46. The Balaban J connectivity index is 0.808. The molecule has 3 aromatic rings. The van der Waals surface area contributed by atoms with Gasteiger partial charge in [-0.3, -0.25) is 38.7 Å². The number of benzene rings is 2. The zero-order valence-corrected chi connectivity index (χ0v) is 33.0. The molecule has 2 bridgehead atoms. The van der Waals surface area contributed by atoms with Crippen LogP contribution in [0.5, 0.6) is 5.75 Å². The first-order valence-electron chi connectivity index (χ1n) is 20.3. The Bertz CT molecular complexity index is 2260. The van der Waals surface area contributed by atoms with Gasteiger partial charge in [0.05, 0.1) is 33.5 Å². The van der Waals surface area contributed by atoms with Crippen molar-refractivity contribution in [3.8, 4) is 11.8 Å². The summed E-state index contributed by atoms with van der Waals surface area (Å²) in [7, 11) is 0. The molecule has 2 aromatic carbocycles. The number of ether oxygens (including phenoxy) is 1. The topological polar surface area (TPSA) is 186 Å². The number of amides is 5. The molecule has 17 heteroatoms. The van der Waals surface area contributed by atoms with Crippen LogP contribution in [0.1, 0.15) is 94.6 Å². The molecule has 15 nitrogen and oxygen atoms in total. The number of piperazine rings is 1. The molecule has 0 radical (unpaired) electrons. The fourth-order valence-corrected chi connectivity index (χ4v) is 10.2. The van der Waals surface area contributed by atoms with E-state index in [9.17, 15) is 24.0 Å². The number of anilines is 2. The Morgan fingerprint density at radius 1 is 0.881 bits per heavy atom. The number of piperidine rings is 3. The lowest BCUT2D eigenvalue weighted by molar-refractivity contribution is -0.155. The van der Waals surface area contributed by atoms with E-state index in [4.69, 9.17) is 27.3 Å². The number of aromatic nitrogens is 2. The summed E-state index contributed by atoms with van der Waals surface area (Å²) >= 11 is 6.17. The lowest BCUT2D eigenvalue weighted by Gasteiger charge is -2.58. The van der Waals surface area contributed by atoms with Crippen molar-refractivity contribution in [2.45, 2.75) is 88.1 Å². The summed E-state index contributed by atoms with van der Waals surface area (Å²) in [5, 5.41) is 17.5. The molecular weight excluding hydrogens is 781 g/mol. The Morgan fingerprint density at radius 3 is 2.24 bits per heavy atom. The molecule has 2 N–H and O–H groups in total. The van der Waals surface area contributed by atoms with Crippen molar-refractivity contribution < 1.29 is 33.1 Å². The molecule has 6 fully saturated rings. The van der Waals surface area contributed by atoms with Gasteiger partial charge in [-0.2, -0.15) is 5.26 Å². The molecule has 3 atom stereocenters. The van der Waals surface area contributed by atoms with Crippen LogP contribution in [0.25, 0.3) is 0 Å². The number of hydrogen-bond donors (Lipinski definition) is 1. The van der Waals surface area contributed by atoms with Crippen LogP contribution in [-0.2, 0) is 9.59 Å². The van der Waals surface area contributed by atoms with Gasteiger partial charge < -0.3 is 20.3 Å². The second-order valence-corrected chi connectivity index (χ2v) is 16.9. The molecule has 7 heterocycles. The Hall–Kier alpha value is -5.66. The van der Waals surface area contributed by atoms with Crippen molar-refractivity contribution in [3.63, 3.8) is 0 Å². The minimum Gasteiger partial charge on any atom is -0.490 e. The molecule has 10 rings (SSSR count). The molecule has 5 saturated heterocycles. The third-order valence-corrected chi connectivity index (χ3v) is 13.3. The average molecular weight is 824 g/mol. The van der Waals surface area contributed by atoms with Crippen molar-refractivity contribution in [2.75, 3.05) is 42.5 Å². The first-order chi connectivity index (χ1) is 28.5. The Kier molecular flexibility index (Phi) is 10.2. The molecule has 1 saturated carbocycles. The van der Waals surface area contributed by atoms with Crippen LogP contribution in [0.2, 0.25) is 5.02 Å². The van der Waals surface area contributed by atoms with Gasteiger partial charge in [0.15, 0.2) is 11.5 Å². The molecule has 1 aromatic heterocycles. The number of hydrogen-bond acceptors (Lipinski definition) is 12. The third-order valence-electron chi connectivity index (χ3n) is 13.0. The highest BCUT2D eigenvalue weighted by Crippen LogP contribution is 2.42. The number of carbonyl (C=O) groups excluding carboxylic acids is 5. The molecule has 7 aliphatic rings. The molecule has 5 amide bonds. The number of fused-ring (bicyclic) bond motifs is 3. The quantitative estimate of drug-likeness (QED) is 0.307. The SMILES string of the molecule is N#Cc1ccc(OC2CCC(N3C(=O)CC[C@@H](N4C(=O)c5cc(F)c(N6[C@@H]7C[C@@H]6CN(CC6CCN(c8ccc(C(N)=O)nn8)CC6)C7)cc5C4=O)C3=O)CC2)cc1Cl. The first-order valence-corrected chi connectivity index (χ1v) is 20.7. The van der Waals surface area contributed by atoms with Gasteiger partial charge in [-0.1, -0.05) is 11.6 Å². The predicted octanol–water partition coefficient (Wildman–Crippen LogP) is 3.92. The minimum absolute atomic E-state index is 0.00275. The van der Waals surface area contributed by atoms with Gasteiger partial charge in [-0.05, 0) is 93.7 Å². The summed E-state index contributed by atoms with van der Waals surface area (Å²) in [6.07, 6.45) is 4.76. The summed E-state index contributed by atoms with van der Waals surface area (Å²) in [4.78, 5) is 75.2. The second kappa shape index (κ2) is 15.5. The Morgan fingerprint density at radius 2 is 1.59 bits per heavy atom. The van der Waals surface area contributed by atoms with Crippen molar-refractivity contribution in [3.05, 3.63) is 75.7 Å². The van der Waals surface area contributed by atoms with Gasteiger partial charge >= 0.3 is 0 Å². The lowest BCUT2D eigenvalue weighted by atomic mass is 9.85. The van der Waals surface area contributed by atoms with Crippen LogP contribution in [0, 0.1) is 23.1 Å².